The molecule has 3 heterocycles. The minimum Gasteiger partial charge on any atom is -0.455 e. The maximum atomic E-state index is 13.2. The van der Waals surface area contributed by atoms with Gasteiger partial charge in [0.05, 0.1) is 23.0 Å². The average Bonchev–Trinajstić information content (AvgIpc) is 3.17. The van der Waals surface area contributed by atoms with E-state index in [1.807, 2.05) is 48.4 Å². The number of benzene rings is 1. The maximum Gasteiger partial charge on any atom is 0.359 e. The number of carbonyl (C=O) groups is 2. The van der Waals surface area contributed by atoms with E-state index in [1.165, 1.54) is 0 Å². The van der Waals surface area contributed by atoms with Crippen molar-refractivity contribution in [2.75, 3.05) is 6.54 Å². The van der Waals surface area contributed by atoms with Gasteiger partial charge in [0.15, 0.2) is 5.69 Å². The quantitative estimate of drug-likeness (QED) is 0.660. The molecule has 0 saturated carbocycles. The van der Waals surface area contributed by atoms with E-state index in [9.17, 15) is 9.59 Å². The number of fused-ring (bicyclic) bond motifs is 5. The number of aromatic nitrogens is 2. The third-order valence-corrected chi connectivity index (χ3v) is 5.35. The van der Waals surface area contributed by atoms with Crippen LogP contribution in [0, 0.1) is 0 Å². The molecule has 1 amide bonds. The lowest BCUT2D eigenvalue weighted by atomic mass is 10.1. The predicted molar refractivity (Wildman–Crippen MR) is 99.4 cm³/mol. The van der Waals surface area contributed by atoms with Crippen LogP contribution in [0.15, 0.2) is 29.0 Å². The summed E-state index contributed by atoms with van der Waals surface area (Å²) in [6.07, 6.45) is 3.32. The first-order valence-corrected chi connectivity index (χ1v) is 9.47. The molecule has 1 atom stereocenters. The van der Waals surface area contributed by atoms with Crippen LogP contribution in [0.1, 0.15) is 66.2 Å². The Morgan fingerprint density at radius 3 is 2.85 bits per heavy atom. The highest BCUT2D eigenvalue weighted by Gasteiger charge is 2.41. The summed E-state index contributed by atoms with van der Waals surface area (Å²) < 4.78 is 8.16. The van der Waals surface area contributed by atoms with Gasteiger partial charge in [-0.2, -0.15) is 0 Å². The van der Waals surface area contributed by atoms with Crippen molar-refractivity contribution in [1.29, 1.82) is 0 Å². The summed E-state index contributed by atoms with van der Waals surface area (Å²) in [7, 11) is 0. The smallest absolute Gasteiger partial charge is 0.359 e. The number of esters is 1. The van der Waals surface area contributed by atoms with Crippen LogP contribution in [0.5, 0.6) is 0 Å². The van der Waals surface area contributed by atoms with E-state index in [0.717, 1.165) is 28.7 Å². The van der Waals surface area contributed by atoms with Crippen LogP contribution in [0.4, 0.5) is 0 Å². The molecule has 1 fully saturated rings. The molecule has 0 aliphatic carbocycles. The Morgan fingerprint density at radius 1 is 1.35 bits per heavy atom. The molecule has 1 saturated heterocycles. The van der Waals surface area contributed by atoms with Crippen molar-refractivity contribution in [2.45, 2.75) is 45.3 Å². The van der Waals surface area contributed by atoms with E-state index in [-0.39, 0.29) is 17.6 Å². The van der Waals surface area contributed by atoms with Crippen molar-refractivity contribution < 1.29 is 14.3 Å². The first-order chi connectivity index (χ1) is 12.3. The second kappa shape index (κ2) is 5.94. The second-order valence-electron chi connectivity index (χ2n) is 7.64. The molecule has 0 spiro atoms. The third-order valence-electron chi connectivity index (χ3n) is 4.69. The fourth-order valence-corrected chi connectivity index (χ4v) is 4.24. The zero-order chi connectivity index (χ0) is 18.6. The molecule has 6 nitrogen and oxygen atoms in total. The van der Waals surface area contributed by atoms with Gasteiger partial charge < -0.3 is 9.64 Å². The van der Waals surface area contributed by atoms with Crippen molar-refractivity contribution in [2.24, 2.45) is 0 Å². The molecule has 1 aromatic heterocycles. The van der Waals surface area contributed by atoms with Gasteiger partial charge in [0.1, 0.15) is 11.9 Å². The van der Waals surface area contributed by atoms with Crippen LogP contribution in [0.3, 0.4) is 0 Å². The molecule has 136 valence electrons. The number of halogens is 1. The minimum absolute atomic E-state index is 0.0196. The summed E-state index contributed by atoms with van der Waals surface area (Å²) in [6.45, 7) is 6.16. The third kappa shape index (κ3) is 2.65. The monoisotopic (exact) mass is 417 g/mol. The molecule has 2 aliphatic heterocycles. The number of ether oxygens (including phenoxy) is 1. The molecule has 2 aliphatic rings. The van der Waals surface area contributed by atoms with Crippen LogP contribution in [0.25, 0.3) is 5.69 Å². The summed E-state index contributed by atoms with van der Waals surface area (Å²) in [5, 5.41) is 0. The lowest BCUT2D eigenvalue weighted by Crippen LogP contribution is -2.31. The van der Waals surface area contributed by atoms with Gasteiger partial charge >= 0.3 is 5.97 Å². The molecular formula is C19H20BrN3O3. The fraction of sp³-hybridized carbons (Fsp3) is 0.421. The molecule has 26 heavy (non-hydrogen) atoms. The lowest BCUT2D eigenvalue weighted by Gasteiger charge is -2.24. The van der Waals surface area contributed by atoms with Crippen LogP contribution in [0.2, 0.25) is 0 Å². The van der Waals surface area contributed by atoms with Crippen LogP contribution < -0.4 is 0 Å². The van der Waals surface area contributed by atoms with Crippen molar-refractivity contribution in [3.8, 4) is 5.69 Å². The average molecular weight is 418 g/mol. The van der Waals surface area contributed by atoms with Gasteiger partial charge in [-0.05, 0) is 61.7 Å². The molecule has 4 rings (SSSR count). The number of rotatable bonds is 1. The minimum atomic E-state index is -0.607. The van der Waals surface area contributed by atoms with E-state index in [4.69, 9.17) is 4.74 Å². The van der Waals surface area contributed by atoms with E-state index < -0.39 is 11.6 Å². The van der Waals surface area contributed by atoms with Crippen molar-refractivity contribution in [3.05, 3.63) is 46.0 Å². The first-order valence-electron chi connectivity index (χ1n) is 8.68. The lowest BCUT2D eigenvalue weighted by molar-refractivity contribution is 0.00596. The van der Waals surface area contributed by atoms with Crippen molar-refractivity contribution in [3.63, 3.8) is 0 Å². The Kier molecular flexibility index (Phi) is 3.95. The Morgan fingerprint density at radius 2 is 2.12 bits per heavy atom. The van der Waals surface area contributed by atoms with Crippen molar-refractivity contribution >= 4 is 27.8 Å². The Bertz CT molecular complexity index is 913. The van der Waals surface area contributed by atoms with Gasteiger partial charge in [-0.25, -0.2) is 9.78 Å². The number of amides is 1. The number of carbonyl (C=O) groups excluding carboxylic acids is 2. The highest BCUT2D eigenvalue weighted by molar-refractivity contribution is 9.10. The van der Waals surface area contributed by atoms with Crippen molar-refractivity contribution in [1.82, 2.24) is 14.5 Å². The molecule has 0 radical (unpaired) electrons. The Balaban J connectivity index is 1.93. The topological polar surface area (TPSA) is 64.4 Å². The van der Waals surface area contributed by atoms with Gasteiger partial charge in [-0.1, -0.05) is 6.07 Å². The molecule has 2 aromatic rings. The Labute approximate surface area is 160 Å². The van der Waals surface area contributed by atoms with Crippen LogP contribution >= 0.6 is 15.9 Å². The summed E-state index contributed by atoms with van der Waals surface area (Å²) in [6, 6.07) is 5.44. The van der Waals surface area contributed by atoms with E-state index >= 15 is 0 Å². The maximum absolute atomic E-state index is 13.2. The van der Waals surface area contributed by atoms with Gasteiger partial charge in [0, 0.05) is 11.0 Å². The highest BCUT2D eigenvalue weighted by Crippen LogP contribution is 2.41. The molecule has 1 aromatic carbocycles. The molecular weight excluding hydrogens is 398 g/mol. The van der Waals surface area contributed by atoms with Gasteiger partial charge in [0.2, 0.25) is 0 Å². The van der Waals surface area contributed by atoms with Crippen LogP contribution in [-0.2, 0) is 4.74 Å². The molecule has 7 heteroatoms. The van der Waals surface area contributed by atoms with E-state index in [1.54, 1.807) is 6.33 Å². The van der Waals surface area contributed by atoms with Gasteiger partial charge in [-0.15, -0.1) is 0 Å². The molecule has 0 N–H and O–H groups in total. The summed E-state index contributed by atoms with van der Waals surface area (Å²) >= 11 is 3.51. The predicted octanol–water partition coefficient (Wildman–Crippen LogP) is 3.88. The number of hydrogen-bond donors (Lipinski definition) is 0. The fourth-order valence-electron chi connectivity index (χ4n) is 3.71. The largest absolute Gasteiger partial charge is 0.455 e. The van der Waals surface area contributed by atoms with Gasteiger partial charge in [-0.3, -0.25) is 9.36 Å². The number of nitrogens with zero attached hydrogens (tertiary/aromatic N) is 3. The Hall–Kier alpha value is -2.15. The van der Waals surface area contributed by atoms with Gasteiger partial charge in [0.25, 0.3) is 5.91 Å². The van der Waals surface area contributed by atoms with Crippen LogP contribution in [-0.4, -0.2) is 38.5 Å². The highest BCUT2D eigenvalue weighted by atomic mass is 79.9. The van der Waals surface area contributed by atoms with E-state index in [2.05, 4.69) is 20.9 Å². The first kappa shape index (κ1) is 17.3. The molecule has 0 unspecified atom stereocenters. The SMILES string of the molecule is CC(C)(C)OC(=O)c1ncn2c1[C@H]1CCCN1C(=O)c1c(Br)cccc1-2. The number of imidazole rings is 1. The normalized spacial score (nSPS) is 18.8. The zero-order valence-electron chi connectivity index (χ0n) is 15.0. The second-order valence-corrected chi connectivity index (χ2v) is 8.50. The zero-order valence-corrected chi connectivity index (χ0v) is 16.5. The summed E-state index contributed by atoms with van der Waals surface area (Å²) in [4.78, 5) is 32.1. The van der Waals surface area contributed by atoms with E-state index in [0.29, 0.717) is 12.1 Å². The standard InChI is InChI=1S/C19H20BrN3O3/c1-19(2,3)26-18(25)15-16-13-8-5-9-22(13)17(24)14-11(20)6-4-7-12(14)23(16)10-21-15/h4,6-7,10,13H,5,8-9H2,1-3H3/t13-/m1/s1. The summed E-state index contributed by atoms with van der Waals surface area (Å²) in [5.74, 6) is -0.474. The summed E-state index contributed by atoms with van der Waals surface area (Å²) in [5.41, 5.74) is 1.76. The number of hydrogen-bond acceptors (Lipinski definition) is 4. The molecule has 0 bridgehead atoms.